The summed E-state index contributed by atoms with van der Waals surface area (Å²) >= 11 is 0. The van der Waals surface area contributed by atoms with Gasteiger partial charge in [-0.25, -0.2) is 0 Å². The number of rotatable bonds is 2. The first-order valence-corrected chi connectivity index (χ1v) is 3.20. The topological polar surface area (TPSA) is 9.23 Å². The molecule has 0 spiro atoms. The van der Waals surface area contributed by atoms with Gasteiger partial charge in [0.15, 0.2) is 0 Å². The summed E-state index contributed by atoms with van der Waals surface area (Å²) < 4.78 is 4.98. The fraction of sp³-hybridized carbons (Fsp3) is 0.111. The number of ether oxygens (including phenoxy) is 1. The van der Waals surface area contributed by atoms with Crippen LogP contribution in [0.2, 0.25) is 0 Å². The van der Waals surface area contributed by atoms with Crippen LogP contribution in [0.15, 0.2) is 48.8 Å². The van der Waals surface area contributed by atoms with Gasteiger partial charge in [-0.2, -0.15) is 0 Å². The van der Waals surface area contributed by atoms with Crippen molar-refractivity contribution >= 4 is 0 Å². The maximum absolute atomic E-state index is 4.98. The van der Waals surface area contributed by atoms with Crippen molar-refractivity contribution < 1.29 is 4.74 Å². The lowest BCUT2D eigenvalue weighted by atomic mass is 10.2. The Morgan fingerprint density at radius 2 is 2.40 bits per heavy atom. The third-order valence-corrected chi connectivity index (χ3v) is 1.19. The molecule has 0 aliphatic carbocycles. The summed E-state index contributed by atoms with van der Waals surface area (Å²) in [6.45, 7) is 4.26. The molecule has 0 fully saturated rings. The minimum atomic E-state index is 0.696. The van der Waals surface area contributed by atoms with Gasteiger partial charge in [-0.05, 0) is 11.6 Å². The van der Waals surface area contributed by atoms with Crippen LogP contribution < -0.4 is 0 Å². The van der Waals surface area contributed by atoms with Gasteiger partial charge in [0.25, 0.3) is 0 Å². The van der Waals surface area contributed by atoms with E-state index >= 15 is 0 Å². The van der Waals surface area contributed by atoms with E-state index < -0.39 is 0 Å². The molecule has 0 aromatic rings. The molecule has 10 heavy (non-hydrogen) atoms. The van der Waals surface area contributed by atoms with Gasteiger partial charge in [-0.1, -0.05) is 30.9 Å². The van der Waals surface area contributed by atoms with Crippen LogP contribution in [0.5, 0.6) is 0 Å². The summed E-state index contributed by atoms with van der Waals surface area (Å²) in [7, 11) is 0. The quantitative estimate of drug-likeness (QED) is 0.526. The SMILES string of the molecule is C=CC=CC=C1C=COC1. The third kappa shape index (κ3) is 1.94. The molecule has 0 N–H and O–H groups in total. The fourth-order valence-electron chi connectivity index (χ4n) is 0.689. The first kappa shape index (κ1) is 6.87. The summed E-state index contributed by atoms with van der Waals surface area (Å²) in [5.41, 5.74) is 1.19. The van der Waals surface area contributed by atoms with Gasteiger partial charge in [0.05, 0.1) is 6.26 Å². The third-order valence-electron chi connectivity index (χ3n) is 1.19. The Labute approximate surface area is 61.0 Å². The van der Waals surface area contributed by atoms with E-state index in [0.717, 1.165) is 0 Å². The normalized spacial score (nSPS) is 20.2. The zero-order valence-corrected chi connectivity index (χ0v) is 5.79. The van der Waals surface area contributed by atoms with Crippen LogP contribution >= 0.6 is 0 Å². The molecule has 52 valence electrons. The van der Waals surface area contributed by atoms with Crippen LogP contribution in [-0.2, 0) is 4.74 Å². The second kappa shape index (κ2) is 3.72. The average Bonchev–Trinajstić information content (AvgIpc) is 2.41. The summed E-state index contributed by atoms with van der Waals surface area (Å²) in [5, 5.41) is 0. The second-order valence-corrected chi connectivity index (χ2v) is 1.98. The second-order valence-electron chi connectivity index (χ2n) is 1.98. The van der Waals surface area contributed by atoms with Crippen LogP contribution in [0.4, 0.5) is 0 Å². The molecule has 0 saturated carbocycles. The van der Waals surface area contributed by atoms with Crippen molar-refractivity contribution in [3.8, 4) is 0 Å². The van der Waals surface area contributed by atoms with E-state index in [-0.39, 0.29) is 0 Å². The molecule has 0 bridgehead atoms. The summed E-state index contributed by atoms with van der Waals surface area (Å²) in [6.07, 6.45) is 11.2. The fourth-order valence-corrected chi connectivity index (χ4v) is 0.689. The number of hydrogen-bond acceptors (Lipinski definition) is 1. The van der Waals surface area contributed by atoms with Crippen LogP contribution in [0.1, 0.15) is 0 Å². The van der Waals surface area contributed by atoms with E-state index in [4.69, 9.17) is 4.74 Å². The van der Waals surface area contributed by atoms with E-state index in [0.29, 0.717) is 6.61 Å². The molecular formula is C9H10O. The molecule has 1 rings (SSSR count). The van der Waals surface area contributed by atoms with Crippen molar-refractivity contribution in [2.24, 2.45) is 0 Å². The lowest BCUT2D eigenvalue weighted by Gasteiger charge is -1.87. The monoisotopic (exact) mass is 134 g/mol. The predicted molar refractivity (Wildman–Crippen MR) is 42.5 cm³/mol. The molecule has 0 atom stereocenters. The van der Waals surface area contributed by atoms with Gasteiger partial charge in [-0.15, -0.1) is 0 Å². The van der Waals surface area contributed by atoms with Crippen molar-refractivity contribution in [1.29, 1.82) is 0 Å². The zero-order valence-electron chi connectivity index (χ0n) is 5.79. The smallest absolute Gasteiger partial charge is 0.113 e. The highest BCUT2D eigenvalue weighted by Gasteiger charge is 1.95. The highest BCUT2D eigenvalue weighted by atomic mass is 16.5. The Hall–Kier alpha value is -1.24. The van der Waals surface area contributed by atoms with Gasteiger partial charge >= 0.3 is 0 Å². The summed E-state index contributed by atoms with van der Waals surface area (Å²) in [4.78, 5) is 0. The van der Waals surface area contributed by atoms with Crippen LogP contribution in [0.3, 0.4) is 0 Å². The van der Waals surface area contributed by atoms with Crippen molar-refractivity contribution in [1.82, 2.24) is 0 Å². The van der Waals surface area contributed by atoms with Gasteiger partial charge in [0.2, 0.25) is 0 Å². The number of hydrogen-bond donors (Lipinski definition) is 0. The maximum atomic E-state index is 4.98. The van der Waals surface area contributed by atoms with Crippen LogP contribution in [0.25, 0.3) is 0 Å². The highest BCUT2D eigenvalue weighted by molar-refractivity contribution is 5.27. The van der Waals surface area contributed by atoms with Gasteiger partial charge in [0, 0.05) is 0 Å². The molecule has 1 heteroatoms. The minimum Gasteiger partial charge on any atom is -0.497 e. The minimum absolute atomic E-state index is 0.696. The molecule has 0 unspecified atom stereocenters. The largest absolute Gasteiger partial charge is 0.497 e. The first-order chi connectivity index (χ1) is 4.93. The molecule has 1 aliphatic rings. The molecular weight excluding hydrogens is 124 g/mol. The number of allylic oxidation sites excluding steroid dienone is 4. The van der Waals surface area contributed by atoms with Crippen molar-refractivity contribution in [3.05, 3.63) is 48.8 Å². The Morgan fingerprint density at radius 3 is 3.00 bits per heavy atom. The Bertz CT molecular complexity index is 197. The lowest BCUT2D eigenvalue weighted by molar-refractivity contribution is 0.301. The summed E-state index contributed by atoms with van der Waals surface area (Å²) in [6, 6.07) is 0. The maximum Gasteiger partial charge on any atom is 0.113 e. The van der Waals surface area contributed by atoms with Gasteiger partial charge in [-0.3, -0.25) is 0 Å². The highest BCUT2D eigenvalue weighted by Crippen LogP contribution is 2.05. The molecule has 0 amide bonds. The Balaban J connectivity index is 2.46. The van der Waals surface area contributed by atoms with E-state index in [9.17, 15) is 0 Å². The van der Waals surface area contributed by atoms with Crippen molar-refractivity contribution in [2.45, 2.75) is 0 Å². The summed E-state index contributed by atoms with van der Waals surface area (Å²) in [5.74, 6) is 0. The van der Waals surface area contributed by atoms with E-state index in [1.165, 1.54) is 5.57 Å². The van der Waals surface area contributed by atoms with Crippen molar-refractivity contribution in [3.63, 3.8) is 0 Å². The van der Waals surface area contributed by atoms with Crippen molar-refractivity contribution in [2.75, 3.05) is 6.61 Å². The molecule has 1 aliphatic heterocycles. The van der Waals surface area contributed by atoms with Gasteiger partial charge in [0.1, 0.15) is 6.61 Å². The molecule has 0 saturated heterocycles. The molecule has 0 aromatic carbocycles. The van der Waals surface area contributed by atoms with Crippen LogP contribution in [0, 0.1) is 0 Å². The van der Waals surface area contributed by atoms with E-state index in [2.05, 4.69) is 6.58 Å². The molecule has 0 radical (unpaired) electrons. The molecule has 0 aromatic heterocycles. The first-order valence-electron chi connectivity index (χ1n) is 3.20. The molecule has 1 heterocycles. The van der Waals surface area contributed by atoms with E-state index in [1.807, 2.05) is 24.3 Å². The standard InChI is InChI=1S/C9H10O/c1-2-3-4-5-9-6-7-10-8-9/h2-7H,1,8H2. The van der Waals surface area contributed by atoms with Gasteiger partial charge < -0.3 is 4.74 Å². The van der Waals surface area contributed by atoms with E-state index in [1.54, 1.807) is 12.3 Å². The average molecular weight is 134 g/mol. The predicted octanol–water partition coefficient (Wildman–Crippen LogP) is 2.20. The molecule has 1 nitrogen and oxygen atoms in total. The lowest BCUT2D eigenvalue weighted by Crippen LogP contribution is -1.79. The Morgan fingerprint density at radius 1 is 1.50 bits per heavy atom. The zero-order chi connectivity index (χ0) is 7.23. The van der Waals surface area contributed by atoms with Crippen LogP contribution in [-0.4, -0.2) is 6.61 Å². The Kier molecular flexibility index (Phi) is 2.56.